The second-order valence-corrected chi connectivity index (χ2v) is 8.31. The summed E-state index contributed by atoms with van der Waals surface area (Å²) in [4.78, 5) is 0. The van der Waals surface area contributed by atoms with Gasteiger partial charge in [-0.2, -0.15) is 0 Å². The first-order valence-electron chi connectivity index (χ1n) is 11.6. The van der Waals surface area contributed by atoms with Gasteiger partial charge in [0.05, 0.1) is 0 Å². The zero-order valence-corrected chi connectivity index (χ0v) is 17.7. The Hall–Kier alpha value is -0.0800. The first-order chi connectivity index (χ1) is 12.3. The van der Waals surface area contributed by atoms with Crippen molar-refractivity contribution in [2.45, 2.75) is 123 Å². The number of unbranched alkanes of at least 4 members (excludes halogenated alkanes) is 14. The Morgan fingerprint density at radius 2 is 0.880 bits per heavy atom. The van der Waals surface area contributed by atoms with Gasteiger partial charge >= 0.3 is 0 Å². The van der Waals surface area contributed by atoms with Gasteiger partial charge in [-0.15, -0.1) is 0 Å². The van der Waals surface area contributed by atoms with Crippen molar-refractivity contribution in [3.8, 4) is 0 Å². The number of aliphatic hydroxyl groups is 1. The van der Waals surface area contributed by atoms with Crippen LogP contribution >= 0.6 is 0 Å². The lowest BCUT2D eigenvalue weighted by Gasteiger charge is -2.05. The molecule has 2 heteroatoms. The minimum Gasteiger partial charge on any atom is -0.396 e. The molecule has 0 atom stereocenters. The van der Waals surface area contributed by atoms with Crippen molar-refractivity contribution in [3.05, 3.63) is 0 Å². The average molecular weight is 356 g/mol. The maximum atomic E-state index is 8.68. The highest BCUT2D eigenvalue weighted by molar-refractivity contribution is 4.52. The molecular formula is C23H49NO. The Labute approximate surface area is 159 Å². The predicted molar refractivity (Wildman–Crippen MR) is 113 cm³/mol. The Bertz CT molecular complexity index is 230. The van der Waals surface area contributed by atoms with Crippen LogP contribution in [0.4, 0.5) is 0 Å². The van der Waals surface area contributed by atoms with Gasteiger partial charge in [0.2, 0.25) is 0 Å². The molecule has 2 nitrogen and oxygen atoms in total. The first-order valence-corrected chi connectivity index (χ1v) is 11.6. The molecule has 0 fully saturated rings. The van der Waals surface area contributed by atoms with Crippen LogP contribution in [0.15, 0.2) is 0 Å². The van der Waals surface area contributed by atoms with Crippen molar-refractivity contribution in [2.75, 3.05) is 19.7 Å². The summed E-state index contributed by atoms with van der Waals surface area (Å²) in [6.45, 7) is 7.07. The zero-order chi connectivity index (χ0) is 18.4. The molecule has 0 saturated carbocycles. The summed E-state index contributed by atoms with van der Waals surface area (Å²) in [5.74, 6) is 0.888. The molecule has 0 rings (SSSR count). The monoisotopic (exact) mass is 355 g/mol. The Kier molecular flexibility index (Phi) is 21.9. The molecular weight excluding hydrogens is 306 g/mol. The quantitative estimate of drug-likeness (QED) is 0.220. The lowest BCUT2D eigenvalue weighted by molar-refractivity contribution is 0.286. The van der Waals surface area contributed by atoms with Gasteiger partial charge < -0.3 is 10.4 Å². The van der Waals surface area contributed by atoms with E-state index in [9.17, 15) is 0 Å². The van der Waals surface area contributed by atoms with E-state index in [1.807, 2.05) is 0 Å². The van der Waals surface area contributed by atoms with Crippen LogP contribution in [-0.2, 0) is 0 Å². The number of hydrogen-bond acceptors (Lipinski definition) is 2. The van der Waals surface area contributed by atoms with Gasteiger partial charge in [0.15, 0.2) is 0 Å². The third kappa shape index (κ3) is 23.9. The Morgan fingerprint density at radius 1 is 0.520 bits per heavy atom. The molecule has 25 heavy (non-hydrogen) atoms. The molecule has 0 bridgehead atoms. The summed E-state index contributed by atoms with van der Waals surface area (Å²) in [6.07, 6.45) is 23.8. The van der Waals surface area contributed by atoms with Crippen LogP contribution < -0.4 is 5.32 Å². The maximum Gasteiger partial charge on any atom is 0.0443 e. The minimum atomic E-state index is 0.311. The van der Waals surface area contributed by atoms with E-state index in [1.54, 1.807) is 0 Å². The summed E-state index contributed by atoms with van der Waals surface area (Å²) < 4.78 is 0. The van der Waals surface area contributed by atoms with E-state index in [0.717, 1.165) is 25.4 Å². The number of hydrogen-bond donors (Lipinski definition) is 2. The largest absolute Gasteiger partial charge is 0.396 e. The molecule has 0 aromatic carbocycles. The van der Waals surface area contributed by atoms with Crippen molar-refractivity contribution < 1.29 is 5.11 Å². The van der Waals surface area contributed by atoms with Crippen molar-refractivity contribution in [1.82, 2.24) is 5.32 Å². The van der Waals surface area contributed by atoms with Crippen LogP contribution in [0.1, 0.15) is 123 Å². The Morgan fingerprint density at radius 3 is 1.28 bits per heavy atom. The molecule has 0 aliphatic rings. The molecule has 0 saturated heterocycles. The SMILES string of the molecule is CC(C)CCCCCCCCCCCCCCCCCNCCCO. The highest BCUT2D eigenvalue weighted by Gasteiger charge is 1.96. The molecule has 0 aliphatic heterocycles. The average Bonchev–Trinajstić information content (AvgIpc) is 2.60. The summed E-state index contributed by atoms with van der Waals surface area (Å²) in [7, 11) is 0. The second-order valence-electron chi connectivity index (χ2n) is 8.31. The van der Waals surface area contributed by atoms with E-state index in [2.05, 4.69) is 19.2 Å². The molecule has 0 aliphatic carbocycles. The minimum absolute atomic E-state index is 0.311. The number of aliphatic hydroxyl groups excluding tert-OH is 1. The summed E-state index contributed by atoms with van der Waals surface area (Å²) in [5.41, 5.74) is 0. The number of rotatable bonds is 21. The lowest BCUT2D eigenvalue weighted by atomic mass is 10.0. The van der Waals surface area contributed by atoms with Crippen LogP contribution in [-0.4, -0.2) is 24.8 Å². The van der Waals surface area contributed by atoms with Crippen molar-refractivity contribution >= 4 is 0 Å². The van der Waals surface area contributed by atoms with Gasteiger partial charge in [-0.1, -0.05) is 110 Å². The van der Waals surface area contributed by atoms with E-state index in [4.69, 9.17) is 5.11 Å². The molecule has 0 radical (unpaired) electrons. The Balaban J connectivity index is 2.96. The summed E-state index contributed by atoms with van der Waals surface area (Å²) in [6, 6.07) is 0. The third-order valence-corrected chi connectivity index (χ3v) is 5.15. The van der Waals surface area contributed by atoms with Crippen molar-refractivity contribution in [3.63, 3.8) is 0 Å². The fourth-order valence-corrected chi connectivity index (χ4v) is 3.43. The fraction of sp³-hybridized carbons (Fsp3) is 1.00. The highest BCUT2D eigenvalue weighted by atomic mass is 16.3. The van der Waals surface area contributed by atoms with E-state index < -0.39 is 0 Å². The van der Waals surface area contributed by atoms with Crippen molar-refractivity contribution in [1.29, 1.82) is 0 Å². The molecule has 2 N–H and O–H groups in total. The van der Waals surface area contributed by atoms with Gasteiger partial charge in [-0.05, 0) is 31.8 Å². The van der Waals surface area contributed by atoms with E-state index in [0.29, 0.717) is 6.61 Å². The van der Waals surface area contributed by atoms with Gasteiger partial charge in [0, 0.05) is 6.61 Å². The highest BCUT2D eigenvalue weighted by Crippen LogP contribution is 2.14. The normalized spacial score (nSPS) is 11.5. The molecule has 0 heterocycles. The van der Waals surface area contributed by atoms with E-state index in [1.165, 1.54) is 103 Å². The molecule has 0 aromatic rings. The molecule has 0 aromatic heterocycles. The molecule has 0 unspecified atom stereocenters. The van der Waals surface area contributed by atoms with Gasteiger partial charge in [-0.25, -0.2) is 0 Å². The second kappa shape index (κ2) is 22.0. The molecule has 0 amide bonds. The maximum absolute atomic E-state index is 8.68. The smallest absolute Gasteiger partial charge is 0.0443 e. The van der Waals surface area contributed by atoms with Crippen molar-refractivity contribution in [2.24, 2.45) is 5.92 Å². The standard InChI is InChI=1S/C23H49NO/c1-23(2)19-16-14-12-10-8-6-4-3-5-7-9-11-13-15-17-20-24-21-18-22-25/h23-25H,3-22H2,1-2H3. The zero-order valence-electron chi connectivity index (χ0n) is 17.7. The van der Waals surface area contributed by atoms with Crippen LogP contribution in [0.25, 0.3) is 0 Å². The predicted octanol–water partition coefficient (Wildman–Crippen LogP) is 6.86. The fourth-order valence-electron chi connectivity index (χ4n) is 3.43. The molecule has 0 spiro atoms. The number of nitrogens with one attached hydrogen (secondary N) is 1. The van der Waals surface area contributed by atoms with Crippen LogP contribution in [0.2, 0.25) is 0 Å². The van der Waals surface area contributed by atoms with Crippen LogP contribution in [0, 0.1) is 5.92 Å². The molecule has 152 valence electrons. The van der Waals surface area contributed by atoms with Crippen LogP contribution in [0.5, 0.6) is 0 Å². The first kappa shape index (κ1) is 24.9. The van der Waals surface area contributed by atoms with E-state index in [-0.39, 0.29) is 0 Å². The lowest BCUT2D eigenvalue weighted by Crippen LogP contribution is -2.17. The van der Waals surface area contributed by atoms with E-state index >= 15 is 0 Å². The van der Waals surface area contributed by atoms with Crippen LogP contribution in [0.3, 0.4) is 0 Å². The van der Waals surface area contributed by atoms with Gasteiger partial charge in [-0.3, -0.25) is 0 Å². The van der Waals surface area contributed by atoms with Gasteiger partial charge in [0.1, 0.15) is 0 Å². The third-order valence-electron chi connectivity index (χ3n) is 5.15. The summed E-state index contributed by atoms with van der Waals surface area (Å²) >= 11 is 0. The van der Waals surface area contributed by atoms with Gasteiger partial charge in [0.25, 0.3) is 0 Å². The summed E-state index contributed by atoms with van der Waals surface area (Å²) in [5, 5.41) is 12.1. The topological polar surface area (TPSA) is 32.3 Å².